The average molecular weight is 424 g/mol. The number of nitrogens with zero attached hydrogens (tertiary/aromatic N) is 1. The first-order chi connectivity index (χ1) is 14.8. The molecule has 1 saturated heterocycles. The van der Waals surface area contributed by atoms with Crippen LogP contribution in [-0.2, 0) is 11.3 Å². The van der Waals surface area contributed by atoms with E-state index in [2.05, 4.69) is 46.7 Å². The van der Waals surface area contributed by atoms with E-state index in [1.54, 1.807) is 11.3 Å². The molecule has 1 fully saturated rings. The fraction of sp³-hybridized carbons (Fsp3) is 0.360. The van der Waals surface area contributed by atoms with E-state index in [1.165, 1.54) is 10.4 Å². The van der Waals surface area contributed by atoms with Gasteiger partial charge < -0.3 is 14.6 Å². The molecule has 0 bridgehead atoms. The first-order valence-electron chi connectivity index (χ1n) is 10.6. The highest BCUT2D eigenvalue weighted by Gasteiger charge is 2.21. The van der Waals surface area contributed by atoms with Crippen molar-refractivity contribution in [2.24, 2.45) is 0 Å². The molecule has 2 atom stereocenters. The maximum absolute atomic E-state index is 10.6. The maximum atomic E-state index is 10.6. The van der Waals surface area contributed by atoms with Gasteiger partial charge in [-0.25, -0.2) is 0 Å². The molecule has 0 saturated carbocycles. The summed E-state index contributed by atoms with van der Waals surface area (Å²) in [5, 5.41) is 12.7. The molecule has 0 radical (unpaired) electrons. The Morgan fingerprint density at radius 2 is 1.83 bits per heavy atom. The minimum atomic E-state index is -0.555. The van der Waals surface area contributed by atoms with E-state index in [-0.39, 0.29) is 12.7 Å². The van der Waals surface area contributed by atoms with Crippen molar-refractivity contribution in [3.05, 3.63) is 77.0 Å². The third kappa shape index (κ3) is 6.16. The van der Waals surface area contributed by atoms with Gasteiger partial charge in [0, 0.05) is 31.1 Å². The summed E-state index contributed by atoms with van der Waals surface area (Å²) in [5.74, 6) is 0.776. The summed E-state index contributed by atoms with van der Waals surface area (Å²) in [4.78, 5) is 3.59. The van der Waals surface area contributed by atoms with Crippen molar-refractivity contribution < 1.29 is 14.6 Å². The Morgan fingerprint density at radius 1 is 1.03 bits per heavy atom. The number of ether oxygens (including phenoxy) is 2. The first kappa shape index (κ1) is 21.1. The van der Waals surface area contributed by atoms with Crippen LogP contribution in [0.25, 0.3) is 11.1 Å². The summed E-state index contributed by atoms with van der Waals surface area (Å²) >= 11 is 1.75. The summed E-state index contributed by atoms with van der Waals surface area (Å²) in [6.07, 6.45) is 1.94. The number of aliphatic hydroxyl groups is 1. The van der Waals surface area contributed by atoms with E-state index in [4.69, 9.17) is 9.47 Å². The molecule has 30 heavy (non-hydrogen) atoms. The van der Waals surface area contributed by atoms with Crippen LogP contribution in [0.5, 0.6) is 5.75 Å². The molecule has 5 heteroatoms. The fourth-order valence-corrected chi connectivity index (χ4v) is 4.57. The molecular formula is C25H29NO3S. The van der Waals surface area contributed by atoms with Crippen molar-refractivity contribution in [1.29, 1.82) is 0 Å². The Labute approximate surface area is 182 Å². The van der Waals surface area contributed by atoms with E-state index in [9.17, 15) is 5.11 Å². The third-order valence-corrected chi connectivity index (χ3v) is 6.18. The molecule has 0 aliphatic carbocycles. The van der Waals surface area contributed by atoms with Gasteiger partial charge in [0.15, 0.2) is 0 Å². The molecule has 1 aliphatic heterocycles. The zero-order valence-electron chi connectivity index (χ0n) is 17.2. The van der Waals surface area contributed by atoms with Gasteiger partial charge in [-0.1, -0.05) is 48.5 Å². The first-order valence-corrected chi connectivity index (χ1v) is 11.5. The van der Waals surface area contributed by atoms with Crippen molar-refractivity contribution in [3.8, 4) is 16.9 Å². The second kappa shape index (κ2) is 10.7. The summed E-state index contributed by atoms with van der Waals surface area (Å²) in [6.45, 7) is 3.38. The quantitative estimate of drug-likeness (QED) is 0.507. The van der Waals surface area contributed by atoms with Gasteiger partial charge in [0.2, 0.25) is 0 Å². The summed E-state index contributed by atoms with van der Waals surface area (Å²) in [7, 11) is 0. The normalized spacial score (nSPS) is 17.3. The number of rotatable bonds is 10. The van der Waals surface area contributed by atoms with Gasteiger partial charge in [0.25, 0.3) is 0 Å². The molecule has 2 aromatic carbocycles. The van der Waals surface area contributed by atoms with Gasteiger partial charge in [-0.2, -0.15) is 0 Å². The molecule has 2 heterocycles. The molecule has 4 rings (SSSR count). The van der Waals surface area contributed by atoms with Crippen LogP contribution in [-0.4, -0.2) is 48.5 Å². The minimum absolute atomic E-state index is 0.267. The molecule has 158 valence electrons. The highest BCUT2D eigenvalue weighted by atomic mass is 32.1. The lowest BCUT2D eigenvalue weighted by Gasteiger charge is -2.27. The largest absolute Gasteiger partial charge is 0.491 e. The molecule has 0 amide bonds. The molecule has 1 aromatic heterocycles. The van der Waals surface area contributed by atoms with E-state index in [1.807, 2.05) is 30.3 Å². The van der Waals surface area contributed by atoms with Crippen molar-refractivity contribution in [1.82, 2.24) is 4.90 Å². The zero-order chi connectivity index (χ0) is 20.6. The van der Waals surface area contributed by atoms with Crippen LogP contribution in [0.15, 0.2) is 72.1 Å². The van der Waals surface area contributed by atoms with Gasteiger partial charge in [-0.3, -0.25) is 4.90 Å². The smallest absolute Gasteiger partial charge is 0.119 e. The van der Waals surface area contributed by atoms with Crippen LogP contribution in [0.2, 0.25) is 0 Å². The predicted molar refractivity (Wildman–Crippen MR) is 122 cm³/mol. The van der Waals surface area contributed by atoms with Gasteiger partial charge in [0.1, 0.15) is 18.5 Å². The molecular weight excluding hydrogens is 394 g/mol. The molecule has 2 unspecified atom stereocenters. The topological polar surface area (TPSA) is 41.9 Å². The molecule has 1 N–H and O–H groups in total. The Bertz CT molecular complexity index is 861. The Hall–Kier alpha value is -2.18. The fourth-order valence-electron chi connectivity index (χ4n) is 3.82. The number of hydrogen-bond donors (Lipinski definition) is 1. The van der Waals surface area contributed by atoms with Crippen molar-refractivity contribution in [2.45, 2.75) is 31.6 Å². The van der Waals surface area contributed by atoms with Crippen molar-refractivity contribution >= 4 is 11.3 Å². The third-order valence-electron chi connectivity index (χ3n) is 5.32. The maximum Gasteiger partial charge on any atom is 0.119 e. The standard InChI is InChI=1S/C25H29NO3S/c27-22(16-26(17-24-8-4-14-28-24)18-25-9-5-15-30-25)19-29-23-12-10-21(11-13-23)20-6-2-1-3-7-20/h1-3,5-7,9-13,15,22,24,27H,4,8,14,16-19H2. The number of aliphatic hydroxyl groups excluding tert-OH is 1. The molecule has 0 spiro atoms. The summed E-state index contributed by atoms with van der Waals surface area (Å²) in [6, 6.07) is 22.5. The lowest BCUT2D eigenvalue weighted by molar-refractivity contribution is 0.0317. The summed E-state index contributed by atoms with van der Waals surface area (Å²) in [5.41, 5.74) is 2.34. The number of hydrogen-bond acceptors (Lipinski definition) is 5. The van der Waals surface area contributed by atoms with Crippen LogP contribution in [0, 0.1) is 0 Å². The minimum Gasteiger partial charge on any atom is -0.491 e. The second-order valence-electron chi connectivity index (χ2n) is 7.76. The van der Waals surface area contributed by atoms with E-state index in [0.717, 1.165) is 43.9 Å². The SMILES string of the molecule is OC(COc1ccc(-c2ccccc2)cc1)CN(Cc1cccs1)CC1CCCO1. The van der Waals surface area contributed by atoms with E-state index >= 15 is 0 Å². The van der Waals surface area contributed by atoms with E-state index in [0.29, 0.717) is 6.54 Å². The molecule has 1 aliphatic rings. The van der Waals surface area contributed by atoms with Gasteiger partial charge in [-0.15, -0.1) is 11.3 Å². The van der Waals surface area contributed by atoms with E-state index < -0.39 is 6.10 Å². The molecule has 4 nitrogen and oxygen atoms in total. The number of thiophene rings is 1. The lowest BCUT2D eigenvalue weighted by atomic mass is 10.1. The highest BCUT2D eigenvalue weighted by Crippen LogP contribution is 2.22. The van der Waals surface area contributed by atoms with Gasteiger partial charge in [-0.05, 0) is 47.5 Å². The Morgan fingerprint density at radius 3 is 2.53 bits per heavy atom. The second-order valence-corrected chi connectivity index (χ2v) is 8.80. The van der Waals surface area contributed by atoms with Gasteiger partial charge in [0.05, 0.1) is 6.10 Å². The van der Waals surface area contributed by atoms with Crippen LogP contribution in [0.4, 0.5) is 0 Å². The van der Waals surface area contributed by atoms with Crippen LogP contribution >= 0.6 is 11.3 Å². The zero-order valence-corrected chi connectivity index (χ0v) is 18.0. The Kier molecular flexibility index (Phi) is 7.54. The monoisotopic (exact) mass is 423 g/mol. The highest BCUT2D eigenvalue weighted by molar-refractivity contribution is 7.09. The van der Waals surface area contributed by atoms with Crippen LogP contribution in [0.3, 0.4) is 0 Å². The predicted octanol–water partition coefficient (Wildman–Crippen LogP) is 4.84. The summed E-state index contributed by atoms with van der Waals surface area (Å²) < 4.78 is 11.7. The van der Waals surface area contributed by atoms with Crippen LogP contribution in [0.1, 0.15) is 17.7 Å². The van der Waals surface area contributed by atoms with Crippen molar-refractivity contribution in [2.75, 3.05) is 26.3 Å². The van der Waals surface area contributed by atoms with Gasteiger partial charge >= 0.3 is 0 Å². The average Bonchev–Trinajstić information content (AvgIpc) is 3.48. The van der Waals surface area contributed by atoms with Crippen LogP contribution < -0.4 is 4.74 Å². The van der Waals surface area contributed by atoms with Crippen molar-refractivity contribution in [3.63, 3.8) is 0 Å². The lowest BCUT2D eigenvalue weighted by Crippen LogP contribution is -2.39. The Balaban J connectivity index is 1.29. The number of benzene rings is 2. The molecule has 3 aromatic rings.